The Kier molecular flexibility index (Phi) is 5.17. The molecule has 0 aliphatic carbocycles. The maximum absolute atomic E-state index is 10.5. The summed E-state index contributed by atoms with van der Waals surface area (Å²) >= 11 is 0. The van der Waals surface area contributed by atoms with Crippen LogP contribution in [0.1, 0.15) is 30.0 Å². The highest BCUT2D eigenvalue weighted by Gasteiger charge is 2.04. The van der Waals surface area contributed by atoms with Crippen LogP contribution in [-0.4, -0.2) is 18.9 Å². The van der Waals surface area contributed by atoms with E-state index in [0.29, 0.717) is 6.61 Å². The minimum atomic E-state index is -0.676. The van der Waals surface area contributed by atoms with Crippen LogP contribution in [0.15, 0.2) is 17.2 Å². The molecule has 0 aliphatic rings. The van der Waals surface area contributed by atoms with Gasteiger partial charge in [-0.05, 0) is 43.5 Å². The maximum Gasteiger partial charge on any atom is 0.332 e. The van der Waals surface area contributed by atoms with Gasteiger partial charge in [-0.15, -0.1) is 0 Å². The average Bonchev–Trinajstić information content (AvgIpc) is 2.29. The van der Waals surface area contributed by atoms with Crippen molar-refractivity contribution in [3.63, 3.8) is 0 Å². The molecule has 1 rings (SSSR count). The molecular weight excluding hydrogens is 230 g/mol. The molecule has 1 aromatic carbocycles. The zero-order valence-electron chi connectivity index (χ0n) is 11.0. The lowest BCUT2D eigenvalue weighted by atomic mass is 10.0. The Balaban J connectivity index is 2.87. The van der Waals surface area contributed by atoms with Crippen LogP contribution < -0.4 is 15.9 Å². The third-order valence-corrected chi connectivity index (χ3v) is 2.41. The third-order valence-electron chi connectivity index (χ3n) is 2.41. The highest BCUT2D eigenvalue weighted by Crippen LogP contribution is 2.20. The van der Waals surface area contributed by atoms with Crippen molar-refractivity contribution >= 4 is 12.2 Å². The summed E-state index contributed by atoms with van der Waals surface area (Å²) in [5.74, 6) is 0.854. The number of carbonyl (C=O) groups excluding carboxylic acids is 1. The number of urea groups is 1. The molecule has 0 bridgehead atoms. The molecule has 0 atom stereocenters. The summed E-state index contributed by atoms with van der Waals surface area (Å²) in [7, 11) is 0. The summed E-state index contributed by atoms with van der Waals surface area (Å²) in [6, 6.07) is 3.23. The summed E-state index contributed by atoms with van der Waals surface area (Å²) in [4.78, 5) is 10.5. The number of primary amides is 1. The molecule has 0 heterocycles. The summed E-state index contributed by atoms with van der Waals surface area (Å²) in [6.45, 7) is 6.71. The standard InChI is InChI=1S/C13H19N3O2/c1-4-5-18-11-6-9(2)12(10(3)7-11)8-15-16-13(14)17/h6-8H,4-5H2,1-3H3,(H3,14,16,17). The molecule has 5 heteroatoms. The second-order valence-electron chi connectivity index (χ2n) is 4.05. The maximum atomic E-state index is 10.5. The fraction of sp³-hybridized carbons (Fsp3) is 0.385. The molecule has 0 unspecified atom stereocenters. The van der Waals surface area contributed by atoms with Crippen molar-refractivity contribution in [2.75, 3.05) is 6.61 Å². The zero-order valence-corrected chi connectivity index (χ0v) is 11.0. The quantitative estimate of drug-likeness (QED) is 0.619. The molecule has 2 amide bonds. The fourth-order valence-corrected chi connectivity index (χ4v) is 1.60. The predicted molar refractivity (Wildman–Crippen MR) is 72.0 cm³/mol. The molecular formula is C13H19N3O2. The summed E-state index contributed by atoms with van der Waals surface area (Å²) < 4.78 is 5.58. The lowest BCUT2D eigenvalue weighted by molar-refractivity contribution is 0.249. The van der Waals surface area contributed by atoms with Gasteiger partial charge >= 0.3 is 6.03 Å². The highest BCUT2D eigenvalue weighted by molar-refractivity contribution is 5.85. The van der Waals surface area contributed by atoms with E-state index in [0.717, 1.165) is 28.9 Å². The number of hydrogen-bond donors (Lipinski definition) is 2. The Labute approximate surface area is 107 Å². The number of nitrogens with two attached hydrogens (primary N) is 1. The van der Waals surface area contributed by atoms with Crippen LogP contribution in [0.3, 0.4) is 0 Å². The van der Waals surface area contributed by atoms with Crippen molar-refractivity contribution < 1.29 is 9.53 Å². The molecule has 0 saturated heterocycles. The molecule has 3 N–H and O–H groups in total. The minimum absolute atomic E-state index is 0.676. The fourth-order valence-electron chi connectivity index (χ4n) is 1.60. The number of hydrogen-bond acceptors (Lipinski definition) is 3. The second-order valence-corrected chi connectivity index (χ2v) is 4.05. The molecule has 5 nitrogen and oxygen atoms in total. The van der Waals surface area contributed by atoms with E-state index in [1.165, 1.54) is 0 Å². The molecule has 1 aromatic rings. The first kappa shape index (κ1) is 14.0. The van der Waals surface area contributed by atoms with Crippen molar-refractivity contribution in [1.29, 1.82) is 0 Å². The Hall–Kier alpha value is -2.04. The molecule has 0 radical (unpaired) electrons. The van der Waals surface area contributed by atoms with E-state index in [-0.39, 0.29) is 0 Å². The van der Waals surface area contributed by atoms with Gasteiger partial charge in [-0.25, -0.2) is 10.2 Å². The Bertz CT molecular complexity index is 433. The van der Waals surface area contributed by atoms with Gasteiger partial charge in [0.15, 0.2) is 0 Å². The van der Waals surface area contributed by atoms with E-state index in [1.54, 1.807) is 6.21 Å². The average molecular weight is 249 g/mol. The van der Waals surface area contributed by atoms with Gasteiger partial charge < -0.3 is 10.5 Å². The van der Waals surface area contributed by atoms with Crippen molar-refractivity contribution in [2.24, 2.45) is 10.8 Å². The SMILES string of the molecule is CCCOc1cc(C)c(C=NNC(N)=O)c(C)c1. The molecule has 0 spiro atoms. The van der Waals surface area contributed by atoms with Gasteiger partial charge in [-0.2, -0.15) is 5.10 Å². The van der Waals surface area contributed by atoms with Crippen LogP contribution in [-0.2, 0) is 0 Å². The van der Waals surface area contributed by atoms with Gasteiger partial charge in [-0.1, -0.05) is 6.92 Å². The monoisotopic (exact) mass is 249 g/mol. The van der Waals surface area contributed by atoms with Gasteiger partial charge in [0.25, 0.3) is 0 Å². The normalized spacial score (nSPS) is 10.6. The van der Waals surface area contributed by atoms with E-state index in [9.17, 15) is 4.79 Å². The van der Waals surface area contributed by atoms with Crippen LogP contribution >= 0.6 is 0 Å². The summed E-state index contributed by atoms with van der Waals surface area (Å²) in [5.41, 5.74) is 10.1. The Morgan fingerprint density at radius 3 is 2.56 bits per heavy atom. The van der Waals surface area contributed by atoms with Crippen LogP contribution in [0, 0.1) is 13.8 Å². The van der Waals surface area contributed by atoms with Gasteiger partial charge in [0.2, 0.25) is 0 Å². The van der Waals surface area contributed by atoms with Crippen molar-refractivity contribution in [2.45, 2.75) is 27.2 Å². The first-order chi connectivity index (χ1) is 8.54. The topological polar surface area (TPSA) is 76.7 Å². The summed E-state index contributed by atoms with van der Waals surface area (Å²) in [5, 5.41) is 3.76. The Morgan fingerprint density at radius 2 is 2.06 bits per heavy atom. The van der Waals surface area contributed by atoms with Crippen molar-refractivity contribution in [3.8, 4) is 5.75 Å². The number of ether oxygens (including phenoxy) is 1. The van der Waals surface area contributed by atoms with Gasteiger partial charge in [0.05, 0.1) is 12.8 Å². The number of amides is 2. The largest absolute Gasteiger partial charge is 0.494 e. The lowest BCUT2D eigenvalue weighted by Crippen LogP contribution is -2.24. The molecule has 0 saturated carbocycles. The van der Waals surface area contributed by atoms with E-state index in [1.807, 2.05) is 26.0 Å². The number of carbonyl (C=O) groups is 1. The molecule has 0 aromatic heterocycles. The zero-order chi connectivity index (χ0) is 13.5. The van der Waals surface area contributed by atoms with Gasteiger partial charge in [0.1, 0.15) is 5.75 Å². The van der Waals surface area contributed by atoms with Crippen LogP contribution in [0.2, 0.25) is 0 Å². The van der Waals surface area contributed by atoms with Crippen molar-refractivity contribution in [3.05, 3.63) is 28.8 Å². The lowest BCUT2D eigenvalue weighted by Gasteiger charge is -2.10. The van der Waals surface area contributed by atoms with Gasteiger partial charge in [-0.3, -0.25) is 0 Å². The van der Waals surface area contributed by atoms with Crippen LogP contribution in [0.5, 0.6) is 5.75 Å². The minimum Gasteiger partial charge on any atom is -0.494 e. The molecule has 0 aliphatic heterocycles. The first-order valence-electron chi connectivity index (χ1n) is 5.87. The number of aryl methyl sites for hydroxylation is 2. The number of benzene rings is 1. The number of hydrazone groups is 1. The first-order valence-corrected chi connectivity index (χ1v) is 5.87. The number of nitrogens with zero attached hydrogens (tertiary/aromatic N) is 1. The van der Waals surface area contributed by atoms with E-state index >= 15 is 0 Å². The van der Waals surface area contributed by atoms with E-state index < -0.39 is 6.03 Å². The number of rotatable bonds is 5. The summed E-state index contributed by atoms with van der Waals surface area (Å²) in [6.07, 6.45) is 2.56. The highest BCUT2D eigenvalue weighted by atomic mass is 16.5. The van der Waals surface area contributed by atoms with E-state index in [4.69, 9.17) is 10.5 Å². The number of nitrogens with one attached hydrogen (secondary N) is 1. The molecule has 18 heavy (non-hydrogen) atoms. The Morgan fingerprint density at radius 1 is 1.44 bits per heavy atom. The van der Waals surface area contributed by atoms with Crippen LogP contribution in [0.4, 0.5) is 4.79 Å². The second kappa shape index (κ2) is 6.64. The smallest absolute Gasteiger partial charge is 0.332 e. The molecule has 0 fully saturated rings. The van der Waals surface area contributed by atoms with Crippen molar-refractivity contribution in [1.82, 2.24) is 5.43 Å². The van der Waals surface area contributed by atoms with Crippen LogP contribution in [0.25, 0.3) is 0 Å². The van der Waals surface area contributed by atoms with E-state index in [2.05, 4.69) is 17.5 Å². The third kappa shape index (κ3) is 4.08. The molecule has 98 valence electrons. The van der Waals surface area contributed by atoms with Gasteiger partial charge in [0, 0.05) is 5.56 Å². The predicted octanol–water partition coefficient (Wildman–Crippen LogP) is 2.09.